The molecule has 2 aromatic carbocycles. The summed E-state index contributed by atoms with van der Waals surface area (Å²) in [5, 5.41) is 10.1. The summed E-state index contributed by atoms with van der Waals surface area (Å²) in [7, 11) is 1.63. The average molecular weight is 473 g/mol. The Labute approximate surface area is 196 Å². The molecule has 0 aliphatic carbocycles. The van der Waals surface area contributed by atoms with E-state index < -0.39 is 0 Å². The largest absolute Gasteiger partial charge is 0.497 e. The molecule has 1 fully saturated rings. The first-order valence-corrected chi connectivity index (χ1v) is 11.8. The highest BCUT2D eigenvalue weighted by Crippen LogP contribution is 2.30. The number of methoxy groups -OCH3 is 1. The van der Waals surface area contributed by atoms with E-state index in [4.69, 9.17) is 21.1 Å². The summed E-state index contributed by atoms with van der Waals surface area (Å²) in [5.74, 6) is 1.75. The Morgan fingerprint density at radius 3 is 2.81 bits per heavy atom. The van der Waals surface area contributed by atoms with Crippen molar-refractivity contribution in [2.75, 3.05) is 32.6 Å². The van der Waals surface area contributed by atoms with Crippen LogP contribution in [0.3, 0.4) is 0 Å². The quantitative estimate of drug-likeness (QED) is 0.477. The van der Waals surface area contributed by atoms with E-state index in [0.29, 0.717) is 35.7 Å². The minimum absolute atomic E-state index is 0.0744. The summed E-state index contributed by atoms with van der Waals surface area (Å²) in [4.78, 5) is 14.7. The van der Waals surface area contributed by atoms with Crippen molar-refractivity contribution in [1.29, 1.82) is 0 Å². The van der Waals surface area contributed by atoms with Crippen LogP contribution in [0.5, 0.6) is 5.75 Å². The Kier molecular flexibility index (Phi) is 7.34. The van der Waals surface area contributed by atoms with Crippen LogP contribution in [-0.4, -0.2) is 64.2 Å². The highest BCUT2D eigenvalue weighted by Gasteiger charge is 2.24. The first-order valence-electron chi connectivity index (χ1n) is 10.5. The van der Waals surface area contributed by atoms with Gasteiger partial charge in [-0.2, -0.15) is 0 Å². The van der Waals surface area contributed by atoms with Crippen molar-refractivity contribution in [3.63, 3.8) is 0 Å². The summed E-state index contributed by atoms with van der Waals surface area (Å²) in [5.41, 5.74) is 1.73. The highest BCUT2D eigenvalue weighted by molar-refractivity contribution is 7.99. The standard InChI is InChI=1S/C23H25ClN4O3S/c1-3-19-14-27(11-12-31-19)21(29)15-32-23-26-25-22(16-5-4-6-20(13-16)30-2)28(23)18-9-7-17(24)8-10-18/h4-10,13,19H,3,11-12,14-15H2,1-2H3. The van der Waals surface area contributed by atoms with Crippen LogP contribution in [0.2, 0.25) is 5.02 Å². The number of thioether (sulfide) groups is 1. The molecule has 1 aromatic heterocycles. The molecule has 3 aromatic rings. The molecular formula is C23H25ClN4O3S. The number of morpholine rings is 1. The maximum atomic E-state index is 12.8. The summed E-state index contributed by atoms with van der Waals surface area (Å²) in [6.07, 6.45) is 1.00. The fourth-order valence-electron chi connectivity index (χ4n) is 3.55. The van der Waals surface area contributed by atoms with Gasteiger partial charge in [0.25, 0.3) is 0 Å². The lowest BCUT2D eigenvalue weighted by molar-refractivity contribution is -0.135. The number of benzene rings is 2. The van der Waals surface area contributed by atoms with Gasteiger partial charge in [-0.15, -0.1) is 10.2 Å². The van der Waals surface area contributed by atoms with Crippen LogP contribution in [0.4, 0.5) is 0 Å². The molecule has 4 rings (SSSR count). The Balaban J connectivity index is 1.61. The SMILES string of the molecule is CCC1CN(C(=O)CSc2nnc(-c3cccc(OC)c3)n2-c2ccc(Cl)cc2)CCO1. The lowest BCUT2D eigenvalue weighted by atomic mass is 10.2. The molecule has 2 heterocycles. The van der Waals surface area contributed by atoms with Crippen LogP contribution < -0.4 is 4.74 Å². The van der Waals surface area contributed by atoms with Gasteiger partial charge in [-0.25, -0.2) is 0 Å². The molecule has 9 heteroatoms. The van der Waals surface area contributed by atoms with Crippen LogP contribution in [0.25, 0.3) is 17.1 Å². The molecule has 0 bridgehead atoms. The predicted molar refractivity (Wildman–Crippen MR) is 126 cm³/mol. The van der Waals surface area contributed by atoms with E-state index in [1.165, 1.54) is 11.8 Å². The summed E-state index contributed by atoms with van der Waals surface area (Å²) >= 11 is 7.47. The third kappa shape index (κ3) is 5.09. The number of carbonyl (C=O) groups is 1. The van der Waals surface area contributed by atoms with Crippen molar-refractivity contribution in [1.82, 2.24) is 19.7 Å². The number of hydrogen-bond donors (Lipinski definition) is 0. The Morgan fingerprint density at radius 2 is 2.06 bits per heavy atom. The van der Waals surface area contributed by atoms with Gasteiger partial charge in [0.15, 0.2) is 11.0 Å². The van der Waals surface area contributed by atoms with Crippen molar-refractivity contribution >= 4 is 29.3 Å². The topological polar surface area (TPSA) is 69.5 Å². The van der Waals surface area contributed by atoms with Gasteiger partial charge in [-0.3, -0.25) is 9.36 Å². The van der Waals surface area contributed by atoms with E-state index in [1.54, 1.807) is 7.11 Å². The number of halogens is 1. The molecule has 168 valence electrons. The minimum atomic E-state index is 0.0744. The molecule has 7 nitrogen and oxygen atoms in total. The van der Waals surface area contributed by atoms with E-state index >= 15 is 0 Å². The molecule has 1 amide bonds. The van der Waals surface area contributed by atoms with Gasteiger partial charge < -0.3 is 14.4 Å². The molecule has 1 aliphatic heterocycles. The van der Waals surface area contributed by atoms with Crippen LogP contribution in [-0.2, 0) is 9.53 Å². The normalized spacial score (nSPS) is 16.2. The minimum Gasteiger partial charge on any atom is -0.497 e. The average Bonchev–Trinajstić information content (AvgIpc) is 3.27. The number of ether oxygens (including phenoxy) is 2. The van der Waals surface area contributed by atoms with Gasteiger partial charge >= 0.3 is 0 Å². The van der Waals surface area contributed by atoms with E-state index in [1.807, 2.05) is 58.0 Å². The monoisotopic (exact) mass is 472 g/mol. The fraction of sp³-hybridized carbons (Fsp3) is 0.348. The second-order valence-electron chi connectivity index (χ2n) is 7.38. The maximum absolute atomic E-state index is 12.8. The number of rotatable bonds is 7. The smallest absolute Gasteiger partial charge is 0.233 e. The number of hydrogen-bond acceptors (Lipinski definition) is 6. The Hall–Kier alpha value is -2.55. The van der Waals surface area contributed by atoms with Gasteiger partial charge in [0.2, 0.25) is 5.91 Å². The van der Waals surface area contributed by atoms with E-state index in [-0.39, 0.29) is 17.8 Å². The molecular weight excluding hydrogens is 448 g/mol. The first kappa shape index (κ1) is 22.6. The molecule has 1 saturated heterocycles. The molecule has 0 N–H and O–H groups in total. The Morgan fingerprint density at radius 1 is 1.25 bits per heavy atom. The third-order valence-electron chi connectivity index (χ3n) is 5.32. The van der Waals surface area contributed by atoms with Crippen molar-refractivity contribution in [3.8, 4) is 22.8 Å². The predicted octanol–water partition coefficient (Wildman–Crippen LogP) is 4.33. The number of amides is 1. The lowest BCUT2D eigenvalue weighted by Crippen LogP contribution is -2.46. The Bertz CT molecular complexity index is 1070. The number of aromatic nitrogens is 3. The van der Waals surface area contributed by atoms with Crippen molar-refractivity contribution in [3.05, 3.63) is 53.6 Å². The van der Waals surface area contributed by atoms with Crippen LogP contribution >= 0.6 is 23.4 Å². The van der Waals surface area contributed by atoms with Crippen molar-refractivity contribution < 1.29 is 14.3 Å². The van der Waals surface area contributed by atoms with E-state index in [0.717, 1.165) is 23.4 Å². The zero-order chi connectivity index (χ0) is 22.5. The summed E-state index contributed by atoms with van der Waals surface area (Å²) in [6, 6.07) is 15.1. The van der Waals surface area contributed by atoms with E-state index in [9.17, 15) is 4.79 Å². The second-order valence-corrected chi connectivity index (χ2v) is 8.76. The molecule has 0 spiro atoms. The first-order chi connectivity index (χ1) is 15.6. The second kappa shape index (κ2) is 10.4. The molecule has 32 heavy (non-hydrogen) atoms. The molecule has 1 aliphatic rings. The van der Waals surface area contributed by atoms with Crippen molar-refractivity contribution in [2.45, 2.75) is 24.6 Å². The van der Waals surface area contributed by atoms with E-state index in [2.05, 4.69) is 17.1 Å². The molecule has 1 unspecified atom stereocenters. The zero-order valence-electron chi connectivity index (χ0n) is 18.0. The molecule has 0 radical (unpaired) electrons. The van der Waals surface area contributed by atoms with Crippen molar-refractivity contribution in [2.24, 2.45) is 0 Å². The molecule has 0 saturated carbocycles. The van der Waals surface area contributed by atoms with Gasteiger partial charge in [-0.1, -0.05) is 42.4 Å². The van der Waals surface area contributed by atoms with Crippen LogP contribution in [0, 0.1) is 0 Å². The number of nitrogens with zero attached hydrogens (tertiary/aromatic N) is 4. The molecule has 1 atom stereocenters. The van der Waals surface area contributed by atoms with Crippen LogP contribution in [0.1, 0.15) is 13.3 Å². The lowest BCUT2D eigenvalue weighted by Gasteiger charge is -2.32. The maximum Gasteiger partial charge on any atom is 0.233 e. The zero-order valence-corrected chi connectivity index (χ0v) is 19.6. The van der Waals surface area contributed by atoms with Gasteiger partial charge in [0, 0.05) is 29.4 Å². The highest BCUT2D eigenvalue weighted by atomic mass is 35.5. The van der Waals surface area contributed by atoms with Gasteiger partial charge in [0.05, 0.1) is 25.6 Å². The van der Waals surface area contributed by atoms with Gasteiger partial charge in [0.1, 0.15) is 5.75 Å². The van der Waals surface area contributed by atoms with Gasteiger partial charge in [-0.05, 0) is 42.8 Å². The number of carbonyl (C=O) groups excluding carboxylic acids is 1. The summed E-state index contributed by atoms with van der Waals surface area (Å²) < 4.78 is 13.0. The fourth-order valence-corrected chi connectivity index (χ4v) is 4.53. The summed E-state index contributed by atoms with van der Waals surface area (Å²) in [6.45, 7) is 3.90. The third-order valence-corrected chi connectivity index (χ3v) is 6.48. The van der Waals surface area contributed by atoms with Crippen LogP contribution in [0.15, 0.2) is 53.7 Å².